The van der Waals surface area contributed by atoms with Crippen molar-refractivity contribution in [2.75, 3.05) is 6.54 Å². The van der Waals surface area contributed by atoms with E-state index in [1.54, 1.807) is 0 Å². The Morgan fingerprint density at radius 2 is 1.95 bits per heavy atom. The van der Waals surface area contributed by atoms with Crippen molar-refractivity contribution >= 4 is 0 Å². The molecule has 1 saturated carbocycles. The molecular weight excluding hydrogens is 232 g/mol. The first-order valence-corrected chi connectivity index (χ1v) is 7.09. The zero-order chi connectivity index (χ0) is 12.9. The molecule has 3 rings (SSSR count). The second kappa shape index (κ2) is 5.98. The van der Waals surface area contributed by atoms with E-state index in [1.165, 1.54) is 24.0 Å². The van der Waals surface area contributed by atoms with Crippen molar-refractivity contribution in [3.05, 3.63) is 66.0 Å². The predicted octanol–water partition coefficient (Wildman–Crippen LogP) is 3.16. The van der Waals surface area contributed by atoms with Crippen LogP contribution in [0, 0.1) is 0 Å². The maximum Gasteiger partial charge on any atom is 0.0300 e. The van der Waals surface area contributed by atoms with Gasteiger partial charge in [-0.1, -0.05) is 36.4 Å². The fourth-order valence-corrected chi connectivity index (χ4v) is 2.43. The van der Waals surface area contributed by atoms with Crippen LogP contribution in [-0.4, -0.2) is 17.6 Å². The summed E-state index contributed by atoms with van der Waals surface area (Å²) in [4.78, 5) is 4.22. The molecule has 1 atom stereocenters. The van der Waals surface area contributed by atoms with Gasteiger partial charge in [0.05, 0.1) is 0 Å². The maximum atomic E-state index is 4.22. The van der Waals surface area contributed by atoms with Gasteiger partial charge >= 0.3 is 0 Å². The molecule has 1 unspecified atom stereocenters. The van der Waals surface area contributed by atoms with Gasteiger partial charge in [0.2, 0.25) is 0 Å². The minimum atomic E-state index is 0.533. The van der Waals surface area contributed by atoms with Crippen molar-refractivity contribution in [2.45, 2.75) is 31.2 Å². The van der Waals surface area contributed by atoms with Gasteiger partial charge in [0.1, 0.15) is 0 Å². The molecule has 19 heavy (non-hydrogen) atoms. The SMILES string of the molecule is c1ccc(C(CNC2CC2)Cc2cccnc2)cc1. The second-order valence-corrected chi connectivity index (χ2v) is 5.36. The lowest BCUT2D eigenvalue weighted by Crippen LogP contribution is -2.24. The summed E-state index contributed by atoms with van der Waals surface area (Å²) in [6.45, 7) is 1.06. The summed E-state index contributed by atoms with van der Waals surface area (Å²) in [7, 11) is 0. The van der Waals surface area contributed by atoms with Crippen LogP contribution in [0.3, 0.4) is 0 Å². The molecule has 1 aliphatic rings. The van der Waals surface area contributed by atoms with E-state index in [1.807, 2.05) is 18.5 Å². The lowest BCUT2D eigenvalue weighted by Gasteiger charge is -2.18. The van der Waals surface area contributed by atoms with Crippen LogP contribution in [0.1, 0.15) is 29.9 Å². The Hall–Kier alpha value is -1.67. The Morgan fingerprint density at radius 1 is 1.11 bits per heavy atom. The van der Waals surface area contributed by atoms with E-state index >= 15 is 0 Å². The first kappa shape index (κ1) is 12.4. The smallest absolute Gasteiger partial charge is 0.0300 e. The Kier molecular flexibility index (Phi) is 3.89. The van der Waals surface area contributed by atoms with E-state index in [4.69, 9.17) is 0 Å². The van der Waals surface area contributed by atoms with Gasteiger partial charge in [0.25, 0.3) is 0 Å². The van der Waals surface area contributed by atoms with Gasteiger partial charge in [-0.05, 0) is 36.5 Å². The van der Waals surface area contributed by atoms with Crippen molar-refractivity contribution in [3.63, 3.8) is 0 Å². The maximum absolute atomic E-state index is 4.22. The Morgan fingerprint density at radius 3 is 2.63 bits per heavy atom. The first-order valence-electron chi connectivity index (χ1n) is 7.09. The highest BCUT2D eigenvalue weighted by Gasteiger charge is 2.22. The van der Waals surface area contributed by atoms with Crippen molar-refractivity contribution in [1.29, 1.82) is 0 Å². The van der Waals surface area contributed by atoms with Crippen LogP contribution in [0.4, 0.5) is 0 Å². The largest absolute Gasteiger partial charge is 0.313 e. The van der Waals surface area contributed by atoms with Crippen LogP contribution >= 0.6 is 0 Å². The molecule has 0 saturated heterocycles. The highest BCUT2D eigenvalue weighted by Crippen LogP contribution is 2.23. The monoisotopic (exact) mass is 252 g/mol. The van der Waals surface area contributed by atoms with Crippen LogP contribution in [0.5, 0.6) is 0 Å². The van der Waals surface area contributed by atoms with Crippen molar-refractivity contribution in [2.24, 2.45) is 0 Å². The average Bonchev–Trinajstić information content (AvgIpc) is 3.30. The van der Waals surface area contributed by atoms with Crippen molar-refractivity contribution in [3.8, 4) is 0 Å². The fraction of sp³-hybridized carbons (Fsp3) is 0.353. The van der Waals surface area contributed by atoms with E-state index in [-0.39, 0.29) is 0 Å². The average molecular weight is 252 g/mol. The van der Waals surface area contributed by atoms with Crippen LogP contribution in [0.25, 0.3) is 0 Å². The summed E-state index contributed by atoms with van der Waals surface area (Å²) in [5, 5.41) is 3.66. The number of hydrogen-bond donors (Lipinski definition) is 1. The number of benzene rings is 1. The molecule has 0 spiro atoms. The van der Waals surface area contributed by atoms with E-state index < -0.39 is 0 Å². The fourth-order valence-electron chi connectivity index (χ4n) is 2.43. The van der Waals surface area contributed by atoms with E-state index in [0.717, 1.165) is 19.0 Å². The lowest BCUT2D eigenvalue weighted by atomic mass is 9.92. The minimum Gasteiger partial charge on any atom is -0.313 e. The zero-order valence-electron chi connectivity index (χ0n) is 11.1. The van der Waals surface area contributed by atoms with Gasteiger partial charge in [-0.2, -0.15) is 0 Å². The van der Waals surface area contributed by atoms with Crippen LogP contribution in [-0.2, 0) is 6.42 Å². The molecule has 1 N–H and O–H groups in total. The van der Waals surface area contributed by atoms with Gasteiger partial charge in [-0.15, -0.1) is 0 Å². The Bertz CT molecular complexity index is 491. The summed E-state index contributed by atoms with van der Waals surface area (Å²) >= 11 is 0. The van der Waals surface area contributed by atoms with Gasteiger partial charge in [-0.25, -0.2) is 0 Å². The summed E-state index contributed by atoms with van der Waals surface area (Å²) in [6, 6.07) is 15.8. The molecule has 2 nitrogen and oxygen atoms in total. The molecular formula is C17H20N2. The van der Waals surface area contributed by atoms with Crippen molar-refractivity contribution in [1.82, 2.24) is 10.3 Å². The molecule has 2 aromatic rings. The molecule has 1 aromatic heterocycles. The molecule has 2 heteroatoms. The third-order valence-electron chi connectivity index (χ3n) is 3.71. The zero-order valence-corrected chi connectivity index (χ0v) is 11.1. The first-order chi connectivity index (χ1) is 9.42. The molecule has 1 fully saturated rings. The Labute approximate surface area is 114 Å². The van der Waals surface area contributed by atoms with Gasteiger partial charge < -0.3 is 5.32 Å². The number of hydrogen-bond acceptors (Lipinski definition) is 2. The van der Waals surface area contributed by atoms with Crippen LogP contribution in [0.2, 0.25) is 0 Å². The quantitative estimate of drug-likeness (QED) is 0.854. The number of aromatic nitrogens is 1. The topological polar surface area (TPSA) is 24.9 Å². The van der Waals surface area contributed by atoms with E-state index in [0.29, 0.717) is 5.92 Å². The molecule has 98 valence electrons. The summed E-state index contributed by atoms with van der Waals surface area (Å²) in [6.07, 6.45) is 7.55. The van der Waals surface area contributed by atoms with Crippen molar-refractivity contribution < 1.29 is 0 Å². The van der Waals surface area contributed by atoms with Gasteiger partial charge in [-0.3, -0.25) is 4.98 Å². The van der Waals surface area contributed by atoms with Gasteiger partial charge in [0, 0.05) is 30.9 Å². The highest BCUT2D eigenvalue weighted by atomic mass is 14.9. The lowest BCUT2D eigenvalue weighted by molar-refractivity contribution is 0.576. The normalized spacial score (nSPS) is 16.2. The molecule has 1 aromatic carbocycles. The van der Waals surface area contributed by atoms with Gasteiger partial charge in [0.15, 0.2) is 0 Å². The molecule has 1 aliphatic carbocycles. The minimum absolute atomic E-state index is 0.533. The molecule has 0 amide bonds. The summed E-state index contributed by atoms with van der Waals surface area (Å²) in [5.74, 6) is 0.533. The molecule has 0 aliphatic heterocycles. The number of pyridine rings is 1. The number of nitrogens with one attached hydrogen (secondary N) is 1. The standard InChI is InChI=1S/C17H20N2/c1-2-6-15(7-3-1)16(13-19-17-8-9-17)11-14-5-4-10-18-12-14/h1-7,10,12,16-17,19H,8-9,11,13H2. The summed E-state index contributed by atoms with van der Waals surface area (Å²) in [5.41, 5.74) is 2.73. The van der Waals surface area contributed by atoms with E-state index in [9.17, 15) is 0 Å². The predicted molar refractivity (Wildman–Crippen MR) is 78.1 cm³/mol. The molecule has 0 bridgehead atoms. The molecule has 0 radical (unpaired) electrons. The third-order valence-corrected chi connectivity index (χ3v) is 3.71. The highest BCUT2D eigenvalue weighted by molar-refractivity contribution is 5.23. The second-order valence-electron chi connectivity index (χ2n) is 5.36. The van der Waals surface area contributed by atoms with Crippen LogP contribution in [0.15, 0.2) is 54.9 Å². The number of nitrogens with zero attached hydrogens (tertiary/aromatic N) is 1. The number of rotatable bonds is 6. The third kappa shape index (κ3) is 3.65. The summed E-state index contributed by atoms with van der Waals surface area (Å²) < 4.78 is 0. The Balaban J connectivity index is 1.71. The van der Waals surface area contributed by atoms with Crippen LogP contribution < -0.4 is 5.32 Å². The van der Waals surface area contributed by atoms with E-state index in [2.05, 4.69) is 46.7 Å². The molecule has 1 heterocycles.